The third-order valence-electron chi connectivity index (χ3n) is 4.39. The lowest BCUT2D eigenvalue weighted by Crippen LogP contribution is -2.50. The van der Waals surface area contributed by atoms with E-state index in [9.17, 15) is 13.2 Å². The Morgan fingerprint density at radius 2 is 1.72 bits per heavy atom. The maximum atomic E-state index is 12.7. The highest BCUT2D eigenvalue weighted by Gasteiger charge is 2.29. The molecule has 1 amide bonds. The number of amides is 1. The van der Waals surface area contributed by atoms with Crippen molar-refractivity contribution < 1.29 is 22.7 Å². The summed E-state index contributed by atoms with van der Waals surface area (Å²) in [5, 5.41) is 2.82. The van der Waals surface area contributed by atoms with Crippen LogP contribution in [-0.4, -0.2) is 46.4 Å². The van der Waals surface area contributed by atoms with E-state index >= 15 is 0 Å². The van der Waals surface area contributed by atoms with E-state index < -0.39 is 22.0 Å². The van der Waals surface area contributed by atoms with Crippen molar-refractivity contribution in [1.29, 1.82) is 0 Å². The van der Waals surface area contributed by atoms with Crippen molar-refractivity contribution in [2.45, 2.75) is 32.9 Å². The summed E-state index contributed by atoms with van der Waals surface area (Å²) in [5.41, 5.74) is 1.39. The van der Waals surface area contributed by atoms with Gasteiger partial charge >= 0.3 is 0 Å². The summed E-state index contributed by atoms with van der Waals surface area (Å²) in [6, 6.07) is 12.9. The molecule has 0 aliphatic heterocycles. The Bertz CT molecular complexity index is 928. The molecule has 0 spiro atoms. The monoisotopic (exact) mass is 420 g/mol. The van der Waals surface area contributed by atoms with E-state index in [0.29, 0.717) is 11.4 Å². The molecule has 0 aliphatic rings. The predicted molar refractivity (Wildman–Crippen MR) is 114 cm³/mol. The zero-order valence-corrected chi connectivity index (χ0v) is 18.2. The number of methoxy groups -OCH3 is 1. The summed E-state index contributed by atoms with van der Waals surface area (Å²) >= 11 is 0. The molecule has 0 bridgehead atoms. The number of para-hydroxylation sites is 1. The number of carbonyl (C=O) groups excluding carboxylic acids is 1. The normalized spacial score (nSPS) is 13.3. The van der Waals surface area contributed by atoms with Gasteiger partial charge in [0, 0.05) is 0 Å². The van der Waals surface area contributed by atoms with E-state index in [-0.39, 0.29) is 12.6 Å². The van der Waals surface area contributed by atoms with Crippen LogP contribution in [0.15, 0.2) is 48.5 Å². The second-order valence-electron chi connectivity index (χ2n) is 6.92. The number of ether oxygens (including phenoxy) is 2. The van der Waals surface area contributed by atoms with Gasteiger partial charge in [-0.15, -0.1) is 0 Å². The van der Waals surface area contributed by atoms with Gasteiger partial charge in [-0.25, -0.2) is 8.42 Å². The fourth-order valence-electron chi connectivity index (χ4n) is 2.88. The summed E-state index contributed by atoms with van der Waals surface area (Å²) in [7, 11) is -2.15. The summed E-state index contributed by atoms with van der Waals surface area (Å²) in [6.45, 7) is 5.57. The topological polar surface area (TPSA) is 84.9 Å². The van der Waals surface area contributed by atoms with Gasteiger partial charge in [0.05, 0.1) is 25.1 Å². The lowest BCUT2D eigenvalue weighted by Gasteiger charge is -2.29. The molecule has 7 nitrogen and oxygen atoms in total. The molecule has 0 radical (unpaired) electrons. The van der Waals surface area contributed by atoms with Crippen molar-refractivity contribution in [2.24, 2.45) is 0 Å². The summed E-state index contributed by atoms with van der Waals surface area (Å²) in [5.74, 6) is 0.936. The molecular weight excluding hydrogens is 392 g/mol. The Kier molecular flexibility index (Phi) is 7.50. The maximum Gasteiger partial charge on any atom is 0.243 e. The zero-order chi connectivity index (χ0) is 21.6. The lowest BCUT2D eigenvalue weighted by molar-refractivity contribution is -0.122. The van der Waals surface area contributed by atoms with Gasteiger partial charge in [0.2, 0.25) is 15.9 Å². The van der Waals surface area contributed by atoms with E-state index in [1.165, 1.54) is 7.11 Å². The van der Waals surface area contributed by atoms with Crippen LogP contribution in [0.5, 0.6) is 11.5 Å². The smallest absolute Gasteiger partial charge is 0.243 e. The number of carbonyl (C=O) groups is 1. The van der Waals surface area contributed by atoms with Gasteiger partial charge in [0.1, 0.15) is 24.1 Å². The number of sulfonamides is 1. The molecule has 2 atom stereocenters. The standard InChI is InChI=1S/C21H28N2O5S/c1-15-8-6-7-9-20(15)28-14-16(2)22-21(24)17(3)23(29(5,25)26)18-10-12-19(27-4)13-11-18/h6-13,16-17H,14H2,1-5H3,(H,22,24)/t16-,17-/m1/s1. The summed E-state index contributed by atoms with van der Waals surface area (Å²) in [6.07, 6.45) is 1.08. The molecule has 8 heteroatoms. The van der Waals surface area contributed by atoms with Crippen LogP contribution in [0.1, 0.15) is 19.4 Å². The van der Waals surface area contributed by atoms with Gasteiger partial charge in [0.15, 0.2) is 0 Å². The molecule has 2 rings (SSSR count). The number of aryl methyl sites for hydroxylation is 1. The molecule has 2 aromatic rings. The quantitative estimate of drug-likeness (QED) is 0.674. The molecule has 0 unspecified atom stereocenters. The molecule has 0 aromatic heterocycles. The third kappa shape index (κ3) is 6.12. The van der Waals surface area contributed by atoms with Gasteiger partial charge in [0.25, 0.3) is 0 Å². The number of benzene rings is 2. The number of nitrogens with zero attached hydrogens (tertiary/aromatic N) is 1. The molecule has 0 aliphatic carbocycles. The van der Waals surface area contributed by atoms with Gasteiger partial charge in [-0.05, 0) is 56.7 Å². The second kappa shape index (κ2) is 9.65. The van der Waals surface area contributed by atoms with Crippen molar-refractivity contribution >= 4 is 21.6 Å². The summed E-state index contributed by atoms with van der Waals surface area (Å²) in [4.78, 5) is 12.7. The highest BCUT2D eigenvalue weighted by Crippen LogP contribution is 2.24. The Balaban J connectivity index is 2.07. The minimum atomic E-state index is -3.68. The first-order valence-corrected chi connectivity index (χ1v) is 11.1. The van der Waals surface area contributed by atoms with Crippen molar-refractivity contribution in [2.75, 3.05) is 24.3 Å². The average Bonchev–Trinajstić information content (AvgIpc) is 2.67. The van der Waals surface area contributed by atoms with Crippen molar-refractivity contribution in [1.82, 2.24) is 5.32 Å². The van der Waals surface area contributed by atoms with Gasteiger partial charge < -0.3 is 14.8 Å². The van der Waals surface area contributed by atoms with E-state index in [2.05, 4.69) is 5.32 Å². The average molecular weight is 421 g/mol. The van der Waals surface area contributed by atoms with Crippen LogP contribution in [0.2, 0.25) is 0 Å². The molecule has 1 N–H and O–H groups in total. The van der Waals surface area contributed by atoms with Crippen LogP contribution in [0.4, 0.5) is 5.69 Å². The Labute approximate surface area is 172 Å². The van der Waals surface area contributed by atoms with Crippen molar-refractivity contribution in [3.05, 3.63) is 54.1 Å². The molecule has 29 heavy (non-hydrogen) atoms. The molecule has 158 valence electrons. The Morgan fingerprint density at radius 1 is 1.10 bits per heavy atom. The number of hydrogen-bond donors (Lipinski definition) is 1. The second-order valence-corrected chi connectivity index (χ2v) is 8.78. The minimum absolute atomic E-state index is 0.269. The maximum absolute atomic E-state index is 12.7. The SMILES string of the molecule is COc1ccc(N([C@H](C)C(=O)N[C@H](C)COc2ccccc2C)S(C)(=O)=O)cc1. The minimum Gasteiger partial charge on any atom is -0.497 e. The van der Waals surface area contributed by atoms with Crippen LogP contribution in [0, 0.1) is 6.92 Å². The van der Waals surface area contributed by atoms with Crippen molar-refractivity contribution in [3.8, 4) is 11.5 Å². The highest BCUT2D eigenvalue weighted by molar-refractivity contribution is 7.92. The number of rotatable bonds is 9. The van der Waals surface area contributed by atoms with Gasteiger partial charge in [-0.2, -0.15) is 0 Å². The first-order chi connectivity index (χ1) is 13.6. The highest BCUT2D eigenvalue weighted by atomic mass is 32.2. The van der Waals surface area contributed by atoms with Gasteiger partial charge in [-0.3, -0.25) is 9.10 Å². The van der Waals surface area contributed by atoms with Crippen molar-refractivity contribution in [3.63, 3.8) is 0 Å². The fraction of sp³-hybridized carbons (Fsp3) is 0.381. The first kappa shape index (κ1) is 22.5. The number of anilines is 1. The van der Waals surface area contributed by atoms with Crippen LogP contribution in [0.25, 0.3) is 0 Å². The van der Waals surface area contributed by atoms with E-state index in [4.69, 9.17) is 9.47 Å². The molecular formula is C21H28N2O5S. The Morgan fingerprint density at radius 3 is 2.28 bits per heavy atom. The molecule has 0 saturated heterocycles. The van der Waals surface area contributed by atoms with E-state index in [1.807, 2.05) is 31.2 Å². The lowest BCUT2D eigenvalue weighted by atomic mass is 10.2. The van der Waals surface area contributed by atoms with E-state index in [1.54, 1.807) is 38.1 Å². The molecule has 0 heterocycles. The number of nitrogens with one attached hydrogen (secondary N) is 1. The van der Waals surface area contributed by atoms with Crippen LogP contribution in [0.3, 0.4) is 0 Å². The Hall–Kier alpha value is -2.74. The largest absolute Gasteiger partial charge is 0.497 e. The molecule has 0 saturated carbocycles. The summed E-state index contributed by atoms with van der Waals surface area (Å²) < 4.78 is 36.7. The molecule has 0 fully saturated rings. The van der Waals surface area contributed by atoms with E-state index in [0.717, 1.165) is 21.9 Å². The van der Waals surface area contributed by atoms with Crippen LogP contribution >= 0.6 is 0 Å². The third-order valence-corrected chi connectivity index (χ3v) is 5.63. The van der Waals surface area contributed by atoms with Crippen LogP contribution in [-0.2, 0) is 14.8 Å². The number of hydrogen-bond acceptors (Lipinski definition) is 5. The fourth-order valence-corrected chi connectivity index (χ4v) is 4.05. The van der Waals surface area contributed by atoms with Crippen LogP contribution < -0.4 is 19.1 Å². The molecule has 2 aromatic carbocycles. The zero-order valence-electron chi connectivity index (χ0n) is 17.4. The van der Waals surface area contributed by atoms with Gasteiger partial charge in [-0.1, -0.05) is 18.2 Å². The predicted octanol–water partition coefficient (Wildman–Crippen LogP) is 2.74. The first-order valence-electron chi connectivity index (χ1n) is 9.25.